The van der Waals surface area contributed by atoms with Gasteiger partial charge in [0.2, 0.25) is 5.91 Å². The number of amides is 1. The minimum absolute atomic E-state index is 0. The van der Waals surface area contributed by atoms with Gasteiger partial charge in [0, 0.05) is 44.7 Å². The Labute approximate surface area is 158 Å². The molecule has 1 aromatic rings. The lowest BCUT2D eigenvalue weighted by atomic mass is 10.1. The number of carbonyl (C=O) groups excluding carboxylic acids is 1. The summed E-state index contributed by atoms with van der Waals surface area (Å²) in [5, 5.41) is 6.58. The van der Waals surface area contributed by atoms with E-state index in [4.69, 9.17) is 4.52 Å². The van der Waals surface area contributed by atoms with Gasteiger partial charge in [0.1, 0.15) is 5.76 Å². The van der Waals surface area contributed by atoms with E-state index in [1.54, 1.807) is 4.90 Å². The maximum atomic E-state index is 13.2. The van der Waals surface area contributed by atoms with Crippen LogP contribution in [0.3, 0.4) is 0 Å². The fourth-order valence-electron chi connectivity index (χ4n) is 3.19. The molecule has 2 saturated heterocycles. The lowest BCUT2D eigenvalue weighted by Gasteiger charge is -2.35. The van der Waals surface area contributed by atoms with Crippen LogP contribution in [-0.2, 0) is 11.3 Å². The highest BCUT2D eigenvalue weighted by molar-refractivity contribution is 5.85. The van der Waals surface area contributed by atoms with Gasteiger partial charge in [-0.1, -0.05) is 5.16 Å². The van der Waals surface area contributed by atoms with E-state index in [0.717, 1.165) is 36.7 Å². The van der Waals surface area contributed by atoms with Crippen LogP contribution in [0.5, 0.6) is 0 Å². The Bertz CT molecular complexity index is 573. The summed E-state index contributed by atoms with van der Waals surface area (Å²) in [6.45, 7) is 6.70. The Kier molecular flexibility index (Phi) is 7.61. The molecule has 1 aromatic heterocycles. The topological polar surface area (TPSA) is 61.6 Å². The molecule has 25 heavy (non-hydrogen) atoms. The Balaban J connectivity index is 0.00000156. The Morgan fingerprint density at radius 3 is 2.40 bits per heavy atom. The third-order valence-corrected chi connectivity index (χ3v) is 4.65. The van der Waals surface area contributed by atoms with Gasteiger partial charge in [-0.25, -0.2) is 8.78 Å². The molecule has 0 aliphatic carbocycles. The third-order valence-electron chi connectivity index (χ3n) is 4.65. The highest BCUT2D eigenvalue weighted by Crippen LogP contribution is 2.26. The molecule has 1 unspecified atom stereocenters. The molecule has 0 bridgehead atoms. The monoisotopic (exact) mass is 400 g/mol. The van der Waals surface area contributed by atoms with Gasteiger partial charge in [0.15, 0.2) is 0 Å². The van der Waals surface area contributed by atoms with Crippen LogP contribution in [0.2, 0.25) is 0 Å². The number of piperazine rings is 1. The summed E-state index contributed by atoms with van der Waals surface area (Å²) >= 11 is 0. The van der Waals surface area contributed by atoms with E-state index in [1.165, 1.54) is 0 Å². The van der Waals surface area contributed by atoms with Crippen molar-refractivity contribution in [3.63, 3.8) is 0 Å². The summed E-state index contributed by atoms with van der Waals surface area (Å²) in [7, 11) is 0. The number of rotatable bonds is 3. The van der Waals surface area contributed by atoms with Crippen molar-refractivity contribution in [1.82, 2.24) is 20.3 Å². The minimum atomic E-state index is -2.77. The van der Waals surface area contributed by atoms with E-state index < -0.39 is 24.9 Å². The molecule has 0 aromatic carbocycles. The van der Waals surface area contributed by atoms with Crippen molar-refractivity contribution in [3.8, 4) is 0 Å². The summed E-state index contributed by atoms with van der Waals surface area (Å²) in [5.74, 6) is -2.16. The van der Waals surface area contributed by atoms with Crippen LogP contribution in [0.25, 0.3) is 0 Å². The molecule has 2 aliphatic heterocycles. The SMILES string of the molecule is Cc1noc(C)c1CN1CCN(C(=O)C2CC(F)(F)CN2)CC1.Cl.Cl. The van der Waals surface area contributed by atoms with Gasteiger partial charge in [-0.05, 0) is 13.8 Å². The van der Waals surface area contributed by atoms with Gasteiger partial charge >= 0.3 is 0 Å². The van der Waals surface area contributed by atoms with E-state index in [1.807, 2.05) is 13.8 Å². The van der Waals surface area contributed by atoms with Crippen LogP contribution >= 0.6 is 24.8 Å². The lowest BCUT2D eigenvalue weighted by Crippen LogP contribution is -2.52. The number of carbonyl (C=O) groups is 1. The second kappa shape index (κ2) is 8.62. The second-order valence-electron chi connectivity index (χ2n) is 6.40. The van der Waals surface area contributed by atoms with Crippen molar-refractivity contribution < 1.29 is 18.1 Å². The van der Waals surface area contributed by atoms with Crippen LogP contribution in [0.15, 0.2) is 4.52 Å². The van der Waals surface area contributed by atoms with Crippen molar-refractivity contribution in [1.29, 1.82) is 0 Å². The zero-order valence-electron chi connectivity index (χ0n) is 14.3. The van der Waals surface area contributed by atoms with Gasteiger partial charge in [0.25, 0.3) is 5.92 Å². The minimum Gasteiger partial charge on any atom is -0.361 e. The summed E-state index contributed by atoms with van der Waals surface area (Å²) in [5.41, 5.74) is 1.97. The predicted octanol–water partition coefficient (Wildman–Crippen LogP) is 1.78. The Morgan fingerprint density at radius 2 is 1.92 bits per heavy atom. The van der Waals surface area contributed by atoms with Crippen molar-refractivity contribution in [3.05, 3.63) is 17.0 Å². The highest BCUT2D eigenvalue weighted by Gasteiger charge is 2.43. The van der Waals surface area contributed by atoms with Crippen LogP contribution in [-0.4, -0.2) is 65.6 Å². The van der Waals surface area contributed by atoms with Crippen molar-refractivity contribution in [2.75, 3.05) is 32.7 Å². The molecule has 2 aliphatic rings. The molecular formula is C15H24Cl2F2N4O2. The van der Waals surface area contributed by atoms with Crippen LogP contribution in [0.4, 0.5) is 8.78 Å². The van der Waals surface area contributed by atoms with Gasteiger partial charge in [-0.2, -0.15) is 0 Å². The molecule has 3 rings (SSSR count). The molecule has 1 N–H and O–H groups in total. The standard InChI is InChI=1S/C15H22F2N4O2.2ClH/c1-10-12(11(2)23-19-10)8-20-3-5-21(6-4-20)14(22)13-7-15(16,17)9-18-13;;/h13,18H,3-9H2,1-2H3;2*1H. The third kappa shape index (κ3) is 5.03. The summed E-state index contributed by atoms with van der Waals surface area (Å²) in [4.78, 5) is 16.2. The molecule has 144 valence electrons. The molecule has 3 heterocycles. The molecule has 0 spiro atoms. The Hall–Kier alpha value is -0.960. The van der Waals surface area contributed by atoms with Crippen LogP contribution in [0, 0.1) is 13.8 Å². The zero-order valence-corrected chi connectivity index (χ0v) is 15.9. The smallest absolute Gasteiger partial charge is 0.262 e. The van der Waals surface area contributed by atoms with Crippen LogP contribution < -0.4 is 5.32 Å². The van der Waals surface area contributed by atoms with Gasteiger partial charge in [-0.15, -0.1) is 24.8 Å². The molecule has 0 radical (unpaired) electrons. The van der Waals surface area contributed by atoms with Crippen LogP contribution in [0.1, 0.15) is 23.4 Å². The molecule has 6 nitrogen and oxygen atoms in total. The highest BCUT2D eigenvalue weighted by atomic mass is 35.5. The fourth-order valence-corrected chi connectivity index (χ4v) is 3.19. The van der Waals surface area contributed by atoms with Crippen molar-refractivity contribution in [2.45, 2.75) is 38.8 Å². The largest absolute Gasteiger partial charge is 0.361 e. The fraction of sp³-hybridized carbons (Fsp3) is 0.733. The zero-order chi connectivity index (χ0) is 16.6. The molecule has 0 saturated carbocycles. The molecule has 2 fully saturated rings. The average Bonchev–Trinajstić information content (AvgIpc) is 3.04. The quantitative estimate of drug-likeness (QED) is 0.837. The van der Waals surface area contributed by atoms with E-state index in [-0.39, 0.29) is 30.7 Å². The number of aromatic nitrogens is 1. The van der Waals surface area contributed by atoms with E-state index in [2.05, 4.69) is 15.4 Å². The van der Waals surface area contributed by atoms with Gasteiger partial charge in [-0.3, -0.25) is 15.0 Å². The van der Waals surface area contributed by atoms with Gasteiger partial charge < -0.3 is 9.42 Å². The lowest BCUT2D eigenvalue weighted by molar-refractivity contribution is -0.135. The number of halogens is 4. The normalized spacial score (nSPS) is 23.0. The molecule has 1 amide bonds. The number of alkyl halides is 2. The number of aryl methyl sites for hydroxylation is 2. The first-order valence-electron chi connectivity index (χ1n) is 7.90. The molecule has 1 atom stereocenters. The maximum Gasteiger partial charge on any atom is 0.262 e. The molecular weight excluding hydrogens is 377 g/mol. The number of hydrogen-bond acceptors (Lipinski definition) is 5. The number of nitrogens with zero attached hydrogens (tertiary/aromatic N) is 3. The first-order valence-corrected chi connectivity index (χ1v) is 7.90. The van der Waals surface area contributed by atoms with Crippen molar-refractivity contribution >= 4 is 30.7 Å². The predicted molar refractivity (Wildman–Crippen MR) is 93.7 cm³/mol. The number of nitrogens with one attached hydrogen (secondary N) is 1. The average molecular weight is 401 g/mol. The first-order chi connectivity index (χ1) is 10.9. The van der Waals surface area contributed by atoms with E-state index in [0.29, 0.717) is 13.1 Å². The summed E-state index contributed by atoms with van der Waals surface area (Å²) in [6, 6.07) is -0.751. The first kappa shape index (κ1) is 22.1. The Morgan fingerprint density at radius 1 is 1.28 bits per heavy atom. The number of hydrogen-bond donors (Lipinski definition) is 1. The summed E-state index contributed by atoms with van der Waals surface area (Å²) in [6.07, 6.45) is -0.398. The summed E-state index contributed by atoms with van der Waals surface area (Å²) < 4.78 is 31.6. The van der Waals surface area contributed by atoms with Gasteiger partial charge in [0.05, 0.1) is 18.3 Å². The second-order valence-corrected chi connectivity index (χ2v) is 6.40. The van der Waals surface area contributed by atoms with E-state index >= 15 is 0 Å². The molecule has 10 heteroatoms. The van der Waals surface area contributed by atoms with Crippen molar-refractivity contribution in [2.24, 2.45) is 0 Å². The maximum absolute atomic E-state index is 13.2. The van der Waals surface area contributed by atoms with E-state index in [9.17, 15) is 13.6 Å².